The average molecular weight is 355 g/mol. The van der Waals surface area contributed by atoms with Crippen molar-refractivity contribution < 1.29 is 22.8 Å². The first-order chi connectivity index (χ1) is 11.9. The summed E-state index contributed by atoms with van der Waals surface area (Å²) in [7, 11) is 1.54. The van der Waals surface area contributed by atoms with Gasteiger partial charge in [-0.1, -0.05) is 5.16 Å². The first-order valence-electron chi connectivity index (χ1n) is 7.87. The van der Waals surface area contributed by atoms with Crippen LogP contribution in [0, 0.1) is 6.92 Å². The van der Waals surface area contributed by atoms with E-state index in [1.54, 1.807) is 19.2 Å². The zero-order chi connectivity index (χ0) is 18.0. The summed E-state index contributed by atoms with van der Waals surface area (Å²) in [6.45, 7) is 1.38. The Hall–Kier alpha value is -2.36. The zero-order valence-electron chi connectivity index (χ0n) is 14.0. The second-order valence-corrected chi connectivity index (χ2v) is 6.04. The van der Waals surface area contributed by atoms with Gasteiger partial charge in [-0.3, -0.25) is 9.48 Å². The minimum Gasteiger partial charge on any atom is -0.384 e. The third-order valence-corrected chi connectivity index (χ3v) is 3.96. The standard InChI is InChI=1S/C15H19F2N5O3/c1-10-3-5-21(19-10)8-13(23)22-9-15(16,17)7-11(22)14-18-12(20-25-14)4-6-24-2/h3,5,11H,4,6-9H2,1-2H3/t11-/m0/s1. The predicted molar refractivity (Wildman–Crippen MR) is 80.9 cm³/mol. The third-order valence-electron chi connectivity index (χ3n) is 3.96. The molecule has 136 valence electrons. The molecule has 0 bridgehead atoms. The number of aryl methyl sites for hydroxylation is 1. The van der Waals surface area contributed by atoms with Crippen LogP contribution in [0.25, 0.3) is 0 Å². The fourth-order valence-corrected chi connectivity index (χ4v) is 2.78. The van der Waals surface area contributed by atoms with Crippen molar-refractivity contribution in [3.05, 3.63) is 29.7 Å². The van der Waals surface area contributed by atoms with E-state index in [-0.39, 0.29) is 12.4 Å². The molecule has 0 aromatic carbocycles. The Balaban J connectivity index is 1.76. The van der Waals surface area contributed by atoms with Gasteiger partial charge >= 0.3 is 0 Å². The van der Waals surface area contributed by atoms with E-state index in [2.05, 4.69) is 15.2 Å². The molecule has 25 heavy (non-hydrogen) atoms. The van der Waals surface area contributed by atoms with Gasteiger partial charge in [0.1, 0.15) is 12.6 Å². The Morgan fingerprint density at radius 1 is 1.52 bits per heavy atom. The van der Waals surface area contributed by atoms with Crippen LogP contribution >= 0.6 is 0 Å². The fraction of sp³-hybridized carbons (Fsp3) is 0.600. The van der Waals surface area contributed by atoms with Gasteiger partial charge < -0.3 is 14.2 Å². The summed E-state index contributed by atoms with van der Waals surface area (Å²) in [5.74, 6) is -3.08. The lowest BCUT2D eigenvalue weighted by molar-refractivity contribution is -0.134. The van der Waals surface area contributed by atoms with Crippen molar-refractivity contribution in [1.82, 2.24) is 24.8 Å². The minimum atomic E-state index is -3.00. The van der Waals surface area contributed by atoms with Crippen molar-refractivity contribution in [3.63, 3.8) is 0 Å². The maximum absolute atomic E-state index is 13.9. The maximum atomic E-state index is 13.9. The van der Waals surface area contributed by atoms with Crippen molar-refractivity contribution in [2.45, 2.75) is 38.3 Å². The van der Waals surface area contributed by atoms with E-state index in [1.807, 2.05) is 0 Å². The Morgan fingerprint density at radius 3 is 3.00 bits per heavy atom. The summed E-state index contributed by atoms with van der Waals surface area (Å²) in [5.41, 5.74) is 0.746. The molecule has 2 aromatic heterocycles. The molecule has 8 nitrogen and oxygen atoms in total. The summed E-state index contributed by atoms with van der Waals surface area (Å²) in [4.78, 5) is 17.7. The van der Waals surface area contributed by atoms with Gasteiger partial charge in [0, 0.05) is 26.1 Å². The van der Waals surface area contributed by atoms with Crippen LogP contribution in [0.1, 0.15) is 29.9 Å². The molecule has 0 saturated carbocycles. The minimum absolute atomic E-state index is 0.0215. The van der Waals surface area contributed by atoms with Gasteiger partial charge in [-0.15, -0.1) is 0 Å². The van der Waals surface area contributed by atoms with Gasteiger partial charge in [0.25, 0.3) is 5.92 Å². The lowest BCUT2D eigenvalue weighted by Gasteiger charge is -2.21. The molecule has 0 radical (unpaired) electrons. The molecular formula is C15H19F2N5O3. The summed E-state index contributed by atoms with van der Waals surface area (Å²) in [6, 6.07) is 0.798. The molecule has 1 amide bonds. The Morgan fingerprint density at radius 2 is 2.32 bits per heavy atom. The lowest BCUT2D eigenvalue weighted by atomic mass is 10.2. The zero-order valence-corrected chi connectivity index (χ0v) is 14.0. The van der Waals surface area contributed by atoms with E-state index in [4.69, 9.17) is 9.26 Å². The van der Waals surface area contributed by atoms with Crippen LogP contribution in [0.3, 0.4) is 0 Å². The normalized spacial score (nSPS) is 19.5. The fourth-order valence-electron chi connectivity index (χ4n) is 2.78. The van der Waals surface area contributed by atoms with Crippen LogP contribution in [0.2, 0.25) is 0 Å². The lowest BCUT2D eigenvalue weighted by Crippen LogP contribution is -2.35. The number of carbonyl (C=O) groups is 1. The number of methoxy groups -OCH3 is 1. The highest BCUT2D eigenvalue weighted by atomic mass is 19.3. The number of ether oxygens (including phenoxy) is 1. The predicted octanol–water partition coefficient (Wildman–Crippen LogP) is 1.37. The Labute approximate surface area is 142 Å². The molecule has 0 aliphatic carbocycles. The van der Waals surface area contributed by atoms with Crippen molar-refractivity contribution in [2.24, 2.45) is 0 Å². The second kappa shape index (κ2) is 6.87. The van der Waals surface area contributed by atoms with Gasteiger partial charge in [-0.2, -0.15) is 10.1 Å². The summed E-state index contributed by atoms with van der Waals surface area (Å²) >= 11 is 0. The Kier molecular flexibility index (Phi) is 4.80. The van der Waals surface area contributed by atoms with E-state index < -0.39 is 30.8 Å². The first-order valence-corrected chi connectivity index (χ1v) is 7.87. The monoisotopic (exact) mass is 355 g/mol. The van der Waals surface area contributed by atoms with E-state index in [1.165, 1.54) is 11.8 Å². The molecule has 1 aliphatic heterocycles. The van der Waals surface area contributed by atoms with Crippen LogP contribution in [0.4, 0.5) is 8.78 Å². The summed E-state index contributed by atoms with van der Waals surface area (Å²) < 4.78 is 39.3. The first kappa shape index (κ1) is 17.5. The number of halogens is 2. The van der Waals surface area contributed by atoms with Crippen molar-refractivity contribution >= 4 is 5.91 Å². The Bertz CT molecular complexity index is 745. The van der Waals surface area contributed by atoms with Gasteiger partial charge in [-0.05, 0) is 13.0 Å². The molecule has 0 spiro atoms. The number of aromatic nitrogens is 4. The van der Waals surface area contributed by atoms with Crippen LogP contribution < -0.4 is 0 Å². The van der Waals surface area contributed by atoms with E-state index >= 15 is 0 Å². The van der Waals surface area contributed by atoms with Gasteiger partial charge in [0.15, 0.2) is 5.82 Å². The van der Waals surface area contributed by atoms with Crippen molar-refractivity contribution in [2.75, 3.05) is 20.3 Å². The average Bonchev–Trinajstić information content (AvgIpc) is 3.24. The number of hydrogen-bond donors (Lipinski definition) is 0. The molecule has 1 fully saturated rings. The summed E-state index contributed by atoms with van der Waals surface area (Å²) in [6.07, 6.45) is 1.50. The molecule has 1 aliphatic rings. The molecule has 3 heterocycles. The highest BCUT2D eigenvalue weighted by Gasteiger charge is 2.49. The smallest absolute Gasteiger partial charge is 0.267 e. The van der Waals surface area contributed by atoms with Crippen molar-refractivity contribution in [3.8, 4) is 0 Å². The molecule has 1 saturated heterocycles. The van der Waals surface area contributed by atoms with Crippen LogP contribution in [0.5, 0.6) is 0 Å². The molecule has 10 heteroatoms. The SMILES string of the molecule is COCCc1noc([C@@H]2CC(F)(F)CN2C(=O)Cn2ccc(C)n2)n1. The number of likely N-dealkylation sites (tertiary alicyclic amines) is 1. The van der Waals surface area contributed by atoms with Crippen LogP contribution in [-0.2, 0) is 22.5 Å². The van der Waals surface area contributed by atoms with E-state index in [0.717, 1.165) is 10.6 Å². The number of nitrogens with zero attached hydrogens (tertiary/aromatic N) is 5. The molecule has 1 atom stereocenters. The van der Waals surface area contributed by atoms with Crippen LogP contribution in [0.15, 0.2) is 16.8 Å². The number of alkyl halides is 2. The van der Waals surface area contributed by atoms with Crippen molar-refractivity contribution in [1.29, 1.82) is 0 Å². The third kappa shape index (κ3) is 4.01. The largest absolute Gasteiger partial charge is 0.384 e. The number of rotatable bonds is 6. The molecule has 3 rings (SSSR count). The number of carbonyl (C=O) groups excluding carboxylic acids is 1. The molecule has 0 N–H and O–H groups in total. The van der Waals surface area contributed by atoms with Gasteiger partial charge in [0.05, 0.1) is 18.8 Å². The quantitative estimate of drug-likeness (QED) is 0.778. The molecule has 2 aromatic rings. The highest BCUT2D eigenvalue weighted by Crippen LogP contribution is 2.40. The molecular weight excluding hydrogens is 336 g/mol. The van der Waals surface area contributed by atoms with E-state index in [9.17, 15) is 13.6 Å². The molecule has 0 unspecified atom stereocenters. The second-order valence-electron chi connectivity index (χ2n) is 6.04. The van der Waals surface area contributed by atoms with Gasteiger partial charge in [-0.25, -0.2) is 8.78 Å². The van der Waals surface area contributed by atoms with E-state index in [0.29, 0.717) is 18.9 Å². The maximum Gasteiger partial charge on any atom is 0.267 e. The van der Waals surface area contributed by atoms with Gasteiger partial charge in [0.2, 0.25) is 11.8 Å². The van der Waals surface area contributed by atoms with Crippen LogP contribution in [-0.4, -0.2) is 56.9 Å². The summed E-state index contributed by atoms with van der Waals surface area (Å²) in [5, 5.41) is 7.87. The topological polar surface area (TPSA) is 86.3 Å². The number of hydrogen-bond acceptors (Lipinski definition) is 6. The number of amides is 1. The highest BCUT2D eigenvalue weighted by molar-refractivity contribution is 5.76.